The van der Waals surface area contributed by atoms with Gasteiger partial charge in [-0.1, -0.05) is 11.6 Å². The van der Waals surface area contributed by atoms with Gasteiger partial charge in [-0.15, -0.1) is 0 Å². The Hall–Kier alpha value is -0.740. The minimum atomic E-state index is -1.19. The molecule has 1 N–H and O–H groups in total. The monoisotopic (exact) mass is 176 g/mol. The number of halogens is 1. The third-order valence-corrected chi connectivity index (χ3v) is 1.75. The lowest BCUT2D eigenvalue weighted by Gasteiger charge is -2.24. The molecular weight excluding hydrogens is 168 g/mol. The van der Waals surface area contributed by atoms with Crippen LogP contribution in [0.15, 0.2) is 17.0 Å². The van der Waals surface area contributed by atoms with Crippen LogP contribution < -0.4 is 5.32 Å². The maximum absolute atomic E-state index is 5.87. The number of methoxy groups -OCH3 is 2. The molecule has 4 nitrogen and oxygen atoms in total. The highest BCUT2D eigenvalue weighted by Gasteiger charge is 2.33. The molecule has 1 unspecified atom stereocenters. The smallest absolute Gasteiger partial charge is 0.299 e. The normalized spacial score (nSPS) is 29.2. The molecule has 1 aliphatic heterocycles. The van der Waals surface area contributed by atoms with Crippen LogP contribution in [0.4, 0.5) is 0 Å². The largest absolute Gasteiger partial charge is 0.493 e. The van der Waals surface area contributed by atoms with Crippen molar-refractivity contribution in [1.82, 2.24) is 5.32 Å². The van der Waals surface area contributed by atoms with Crippen LogP contribution in [0, 0.1) is 0 Å². The van der Waals surface area contributed by atoms with Crippen molar-refractivity contribution < 1.29 is 9.47 Å². The minimum Gasteiger partial charge on any atom is -0.493 e. The standard InChI is InChI=1S/C6H9ClN2O2/c1-10-5-3-8-4-9-6(5,7)11-2/h3-4H,1-2H3,(H,8,9). The molecule has 0 amide bonds. The zero-order chi connectivity index (χ0) is 8.32. The molecule has 0 aromatic heterocycles. The van der Waals surface area contributed by atoms with Gasteiger partial charge in [0.1, 0.15) is 0 Å². The van der Waals surface area contributed by atoms with Gasteiger partial charge in [0, 0.05) is 13.3 Å². The van der Waals surface area contributed by atoms with Crippen LogP contribution in [-0.2, 0) is 9.47 Å². The third-order valence-electron chi connectivity index (χ3n) is 1.31. The zero-order valence-electron chi connectivity index (χ0n) is 6.30. The Morgan fingerprint density at radius 1 is 1.64 bits per heavy atom. The highest BCUT2D eigenvalue weighted by atomic mass is 35.5. The SMILES string of the molecule is COC1=CNC=NC1(Cl)OC. The fourth-order valence-electron chi connectivity index (χ4n) is 0.724. The number of hydrogen-bond donors (Lipinski definition) is 1. The summed E-state index contributed by atoms with van der Waals surface area (Å²) >= 11 is 5.87. The molecule has 0 aromatic carbocycles. The maximum atomic E-state index is 5.87. The second-order valence-electron chi connectivity index (χ2n) is 1.90. The first-order chi connectivity index (χ1) is 5.23. The van der Waals surface area contributed by atoms with E-state index in [0.717, 1.165) is 0 Å². The summed E-state index contributed by atoms with van der Waals surface area (Å²) in [5, 5.41) is 1.54. The van der Waals surface area contributed by atoms with Crippen molar-refractivity contribution in [2.24, 2.45) is 4.99 Å². The lowest BCUT2D eigenvalue weighted by molar-refractivity contribution is 0.0500. The van der Waals surface area contributed by atoms with Gasteiger partial charge in [-0.25, -0.2) is 4.99 Å². The third kappa shape index (κ3) is 1.46. The van der Waals surface area contributed by atoms with Crippen molar-refractivity contribution in [3.63, 3.8) is 0 Å². The van der Waals surface area contributed by atoms with Gasteiger partial charge in [0.05, 0.1) is 13.4 Å². The summed E-state index contributed by atoms with van der Waals surface area (Å²) in [6.07, 6.45) is 3.03. The van der Waals surface area contributed by atoms with Crippen LogP contribution in [0.5, 0.6) is 0 Å². The molecule has 0 fully saturated rings. The summed E-state index contributed by atoms with van der Waals surface area (Å²) in [4.78, 5) is 3.85. The van der Waals surface area contributed by atoms with Crippen LogP contribution in [-0.4, -0.2) is 25.7 Å². The molecule has 1 aliphatic rings. The minimum absolute atomic E-state index is 0.434. The van der Waals surface area contributed by atoms with E-state index in [-0.39, 0.29) is 0 Å². The molecule has 1 atom stereocenters. The lowest BCUT2D eigenvalue weighted by atomic mass is 10.4. The van der Waals surface area contributed by atoms with Gasteiger partial charge in [0.2, 0.25) is 0 Å². The van der Waals surface area contributed by atoms with Gasteiger partial charge in [-0.3, -0.25) is 0 Å². The fourth-order valence-corrected chi connectivity index (χ4v) is 0.904. The quantitative estimate of drug-likeness (QED) is 0.496. The van der Waals surface area contributed by atoms with E-state index < -0.39 is 5.18 Å². The number of ether oxygens (including phenoxy) is 2. The maximum Gasteiger partial charge on any atom is 0.299 e. The van der Waals surface area contributed by atoms with Crippen molar-refractivity contribution in [3.05, 3.63) is 12.0 Å². The second-order valence-corrected chi connectivity index (χ2v) is 2.42. The van der Waals surface area contributed by atoms with E-state index in [0.29, 0.717) is 5.76 Å². The van der Waals surface area contributed by atoms with Gasteiger partial charge >= 0.3 is 0 Å². The Bertz CT molecular complexity index is 205. The molecule has 1 rings (SSSR count). The van der Waals surface area contributed by atoms with Gasteiger partial charge in [-0.2, -0.15) is 0 Å². The Balaban J connectivity index is 2.83. The summed E-state index contributed by atoms with van der Waals surface area (Å²) < 4.78 is 9.84. The van der Waals surface area contributed by atoms with Gasteiger partial charge in [0.15, 0.2) is 5.76 Å². The van der Waals surface area contributed by atoms with Crippen molar-refractivity contribution in [3.8, 4) is 0 Å². The van der Waals surface area contributed by atoms with Crippen LogP contribution in [0.2, 0.25) is 0 Å². The topological polar surface area (TPSA) is 42.8 Å². The average molecular weight is 177 g/mol. The summed E-state index contributed by atoms with van der Waals surface area (Å²) in [6.45, 7) is 0. The summed E-state index contributed by atoms with van der Waals surface area (Å²) in [5.74, 6) is 0.434. The van der Waals surface area contributed by atoms with Crippen LogP contribution in [0.3, 0.4) is 0 Å². The molecule has 5 heteroatoms. The van der Waals surface area contributed by atoms with Crippen molar-refractivity contribution >= 4 is 17.9 Å². The predicted octanol–water partition coefficient (Wildman–Crippen LogP) is 0.645. The fraction of sp³-hybridized carbons (Fsp3) is 0.500. The van der Waals surface area contributed by atoms with Gasteiger partial charge < -0.3 is 14.8 Å². The van der Waals surface area contributed by atoms with E-state index in [4.69, 9.17) is 21.1 Å². The Morgan fingerprint density at radius 2 is 2.36 bits per heavy atom. The van der Waals surface area contributed by atoms with E-state index in [1.807, 2.05) is 0 Å². The molecular formula is C6H9ClN2O2. The second kappa shape index (κ2) is 3.11. The number of rotatable bonds is 2. The Kier molecular flexibility index (Phi) is 2.36. The van der Waals surface area contributed by atoms with Crippen LogP contribution >= 0.6 is 11.6 Å². The van der Waals surface area contributed by atoms with E-state index in [2.05, 4.69) is 10.3 Å². The first-order valence-corrected chi connectivity index (χ1v) is 3.39. The molecule has 0 saturated carbocycles. The molecule has 11 heavy (non-hydrogen) atoms. The molecule has 1 heterocycles. The molecule has 0 radical (unpaired) electrons. The molecule has 62 valence electrons. The van der Waals surface area contributed by atoms with Crippen LogP contribution in [0.1, 0.15) is 0 Å². The van der Waals surface area contributed by atoms with E-state index >= 15 is 0 Å². The summed E-state index contributed by atoms with van der Waals surface area (Å²) in [5.41, 5.74) is 0. The number of alkyl halides is 1. The van der Waals surface area contributed by atoms with Crippen molar-refractivity contribution in [2.45, 2.75) is 5.18 Å². The number of nitrogens with one attached hydrogen (secondary N) is 1. The van der Waals surface area contributed by atoms with E-state index in [1.54, 1.807) is 6.20 Å². The van der Waals surface area contributed by atoms with Gasteiger partial charge in [-0.05, 0) is 0 Å². The average Bonchev–Trinajstić information content (AvgIpc) is 2.05. The molecule has 0 aliphatic carbocycles. The summed E-state index contributed by atoms with van der Waals surface area (Å²) in [7, 11) is 2.97. The molecule has 0 aromatic rings. The molecule has 0 spiro atoms. The molecule has 0 saturated heterocycles. The number of hydrogen-bond acceptors (Lipinski definition) is 4. The zero-order valence-corrected chi connectivity index (χ0v) is 7.05. The summed E-state index contributed by atoms with van der Waals surface area (Å²) in [6, 6.07) is 0. The van der Waals surface area contributed by atoms with Crippen molar-refractivity contribution in [2.75, 3.05) is 14.2 Å². The Morgan fingerprint density at radius 3 is 2.82 bits per heavy atom. The van der Waals surface area contributed by atoms with Crippen molar-refractivity contribution in [1.29, 1.82) is 0 Å². The highest BCUT2D eigenvalue weighted by Crippen LogP contribution is 2.28. The van der Waals surface area contributed by atoms with Crippen LogP contribution in [0.25, 0.3) is 0 Å². The van der Waals surface area contributed by atoms with Gasteiger partial charge in [0.25, 0.3) is 5.18 Å². The Labute approximate surface area is 69.8 Å². The number of nitrogens with zero attached hydrogens (tertiary/aromatic N) is 1. The molecule has 0 bridgehead atoms. The predicted molar refractivity (Wildman–Crippen MR) is 42.3 cm³/mol. The highest BCUT2D eigenvalue weighted by molar-refractivity contribution is 6.25. The first kappa shape index (κ1) is 8.36. The lowest BCUT2D eigenvalue weighted by Crippen LogP contribution is -2.31. The van der Waals surface area contributed by atoms with E-state index in [1.165, 1.54) is 20.6 Å². The van der Waals surface area contributed by atoms with E-state index in [9.17, 15) is 0 Å². The number of aliphatic imine (C=N–C) groups is 1. The first-order valence-electron chi connectivity index (χ1n) is 3.01.